The Bertz CT molecular complexity index is 358. The van der Waals surface area contributed by atoms with Crippen molar-refractivity contribution in [3.63, 3.8) is 0 Å². The van der Waals surface area contributed by atoms with Crippen LogP contribution in [0.4, 0.5) is 0 Å². The van der Waals surface area contributed by atoms with Gasteiger partial charge in [0.25, 0.3) is 0 Å². The number of hydrogen-bond donors (Lipinski definition) is 1. The van der Waals surface area contributed by atoms with E-state index in [0.717, 1.165) is 24.8 Å². The molecule has 1 fully saturated rings. The van der Waals surface area contributed by atoms with E-state index in [-0.39, 0.29) is 0 Å². The summed E-state index contributed by atoms with van der Waals surface area (Å²) in [5.74, 6) is 0.995. The highest BCUT2D eigenvalue weighted by molar-refractivity contribution is 5.28. The summed E-state index contributed by atoms with van der Waals surface area (Å²) in [6, 6.07) is 9.19. The normalized spacial score (nSPS) is 17.9. The molecule has 18 heavy (non-hydrogen) atoms. The molecule has 1 atom stereocenters. The van der Waals surface area contributed by atoms with Crippen molar-refractivity contribution in [2.45, 2.75) is 64.6 Å². The Balaban J connectivity index is 1.86. The minimum Gasteiger partial charge on any atom is -0.491 e. The van der Waals surface area contributed by atoms with Crippen molar-refractivity contribution in [2.75, 3.05) is 0 Å². The van der Waals surface area contributed by atoms with Crippen molar-refractivity contribution in [3.05, 3.63) is 29.8 Å². The third kappa shape index (κ3) is 4.02. The highest BCUT2D eigenvalue weighted by atomic mass is 16.5. The Hall–Kier alpha value is -1.02. The van der Waals surface area contributed by atoms with Gasteiger partial charge < -0.3 is 10.1 Å². The Labute approximate surface area is 111 Å². The molecule has 0 aliphatic heterocycles. The van der Waals surface area contributed by atoms with Crippen LogP contribution in [-0.2, 0) is 6.54 Å². The number of hydrogen-bond acceptors (Lipinski definition) is 2. The van der Waals surface area contributed by atoms with Crippen LogP contribution in [0.25, 0.3) is 0 Å². The molecule has 0 radical (unpaired) electrons. The Morgan fingerprint density at radius 3 is 2.83 bits per heavy atom. The van der Waals surface area contributed by atoms with Gasteiger partial charge in [0.15, 0.2) is 0 Å². The zero-order valence-corrected chi connectivity index (χ0v) is 11.6. The van der Waals surface area contributed by atoms with Crippen molar-refractivity contribution in [2.24, 2.45) is 0 Å². The van der Waals surface area contributed by atoms with Gasteiger partial charge in [0.05, 0.1) is 6.10 Å². The molecule has 1 saturated carbocycles. The van der Waals surface area contributed by atoms with E-state index in [1.807, 2.05) is 6.07 Å². The molecule has 2 rings (SSSR count). The molecule has 0 bridgehead atoms. The minimum absolute atomic E-state index is 0.294. The molecule has 0 saturated heterocycles. The number of ether oxygens (including phenoxy) is 1. The first-order valence-corrected chi connectivity index (χ1v) is 7.27. The van der Waals surface area contributed by atoms with Crippen molar-refractivity contribution in [1.29, 1.82) is 0 Å². The zero-order chi connectivity index (χ0) is 12.8. The molecular formula is C16H25NO. The summed E-state index contributed by atoms with van der Waals surface area (Å²) in [5, 5.41) is 3.64. The lowest BCUT2D eigenvalue weighted by Crippen LogP contribution is -2.25. The van der Waals surface area contributed by atoms with Crippen LogP contribution in [-0.4, -0.2) is 12.1 Å². The van der Waals surface area contributed by atoms with E-state index in [9.17, 15) is 0 Å². The van der Waals surface area contributed by atoms with Crippen LogP contribution in [0.15, 0.2) is 24.3 Å². The molecule has 1 aliphatic rings. The summed E-state index contributed by atoms with van der Waals surface area (Å²) >= 11 is 0. The largest absolute Gasteiger partial charge is 0.491 e. The van der Waals surface area contributed by atoms with Crippen LogP contribution < -0.4 is 10.1 Å². The molecule has 1 unspecified atom stereocenters. The molecule has 1 aromatic rings. The van der Waals surface area contributed by atoms with Crippen LogP contribution >= 0.6 is 0 Å². The van der Waals surface area contributed by atoms with Gasteiger partial charge in [0.2, 0.25) is 0 Å². The van der Waals surface area contributed by atoms with Gasteiger partial charge in [-0.05, 0) is 43.9 Å². The Kier molecular flexibility index (Phi) is 5.06. The SMILES string of the molecule is CCC(C)Oc1cccc(CNC2CCCC2)c1. The molecule has 2 nitrogen and oxygen atoms in total. The monoisotopic (exact) mass is 247 g/mol. The van der Waals surface area contributed by atoms with Crippen molar-refractivity contribution >= 4 is 0 Å². The number of rotatable bonds is 6. The summed E-state index contributed by atoms with van der Waals surface area (Å²) < 4.78 is 5.85. The lowest BCUT2D eigenvalue weighted by molar-refractivity contribution is 0.217. The standard InChI is InChI=1S/C16H25NO/c1-3-13(2)18-16-10-6-7-14(11-16)12-17-15-8-4-5-9-15/h6-7,10-11,13,15,17H,3-5,8-9,12H2,1-2H3. The molecule has 0 amide bonds. The second-order valence-corrected chi connectivity index (χ2v) is 5.35. The number of benzene rings is 1. The van der Waals surface area contributed by atoms with Crippen LogP contribution in [0.1, 0.15) is 51.5 Å². The summed E-state index contributed by atoms with van der Waals surface area (Å²) in [7, 11) is 0. The van der Waals surface area contributed by atoms with E-state index < -0.39 is 0 Å². The molecule has 1 N–H and O–H groups in total. The third-order valence-electron chi connectivity index (χ3n) is 3.76. The summed E-state index contributed by atoms with van der Waals surface area (Å²) in [6.07, 6.45) is 6.78. The van der Waals surface area contributed by atoms with Crippen LogP contribution in [0, 0.1) is 0 Å². The van der Waals surface area contributed by atoms with Crippen molar-refractivity contribution in [1.82, 2.24) is 5.32 Å². The first kappa shape index (κ1) is 13.4. The molecule has 1 aromatic carbocycles. The van der Waals surface area contributed by atoms with Gasteiger partial charge >= 0.3 is 0 Å². The van der Waals surface area contributed by atoms with Gasteiger partial charge in [-0.25, -0.2) is 0 Å². The first-order chi connectivity index (χ1) is 8.78. The maximum absolute atomic E-state index is 5.85. The highest BCUT2D eigenvalue weighted by Gasteiger charge is 2.13. The topological polar surface area (TPSA) is 21.3 Å². The molecule has 1 aliphatic carbocycles. The second kappa shape index (κ2) is 6.79. The predicted molar refractivity (Wildman–Crippen MR) is 75.9 cm³/mol. The van der Waals surface area contributed by atoms with E-state index in [2.05, 4.69) is 37.4 Å². The van der Waals surface area contributed by atoms with E-state index in [0.29, 0.717) is 6.10 Å². The summed E-state index contributed by atoms with van der Waals surface area (Å²) in [5.41, 5.74) is 1.32. The second-order valence-electron chi connectivity index (χ2n) is 5.35. The summed E-state index contributed by atoms with van der Waals surface area (Å²) in [4.78, 5) is 0. The Morgan fingerprint density at radius 2 is 2.11 bits per heavy atom. The maximum atomic E-state index is 5.85. The molecule has 0 heterocycles. The average molecular weight is 247 g/mol. The summed E-state index contributed by atoms with van der Waals surface area (Å²) in [6.45, 7) is 5.22. The first-order valence-electron chi connectivity index (χ1n) is 7.27. The lowest BCUT2D eigenvalue weighted by atomic mass is 10.2. The molecule has 2 heteroatoms. The van der Waals surface area contributed by atoms with E-state index in [4.69, 9.17) is 4.74 Å². The fourth-order valence-electron chi connectivity index (χ4n) is 2.44. The Morgan fingerprint density at radius 1 is 1.33 bits per heavy atom. The van der Waals surface area contributed by atoms with Gasteiger partial charge in [-0.3, -0.25) is 0 Å². The van der Waals surface area contributed by atoms with Crippen LogP contribution in [0.5, 0.6) is 5.75 Å². The fraction of sp³-hybridized carbons (Fsp3) is 0.625. The lowest BCUT2D eigenvalue weighted by Gasteiger charge is -2.15. The van der Waals surface area contributed by atoms with Crippen molar-refractivity contribution < 1.29 is 4.74 Å². The zero-order valence-electron chi connectivity index (χ0n) is 11.6. The van der Waals surface area contributed by atoms with Crippen molar-refractivity contribution in [3.8, 4) is 5.75 Å². The smallest absolute Gasteiger partial charge is 0.120 e. The highest BCUT2D eigenvalue weighted by Crippen LogP contribution is 2.19. The maximum Gasteiger partial charge on any atom is 0.120 e. The van der Waals surface area contributed by atoms with Gasteiger partial charge in [-0.2, -0.15) is 0 Å². The third-order valence-corrected chi connectivity index (χ3v) is 3.76. The van der Waals surface area contributed by atoms with Crippen LogP contribution in [0.3, 0.4) is 0 Å². The van der Waals surface area contributed by atoms with Gasteiger partial charge in [-0.1, -0.05) is 31.9 Å². The predicted octanol–water partition coefficient (Wildman–Crippen LogP) is 3.90. The quantitative estimate of drug-likeness (QED) is 0.823. The van der Waals surface area contributed by atoms with Gasteiger partial charge in [-0.15, -0.1) is 0 Å². The van der Waals surface area contributed by atoms with E-state index >= 15 is 0 Å². The molecule has 100 valence electrons. The molecule has 0 spiro atoms. The van der Waals surface area contributed by atoms with E-state index in [1.54, 1.807) is 0 Å². The van der Waals surface area contributed by atoms with Crippen LogP contribution in [0.2, 0.25) is 0 Å². The average Bonchev–Trinajstić information content (AvgIpc) is 2.90. The van der Waals surface area contributed by atoms with Gasteiger partial charge in [0.1, 0.15) is 5.75 Å². The minimum atomic E-state index is 0.294. The molecular weight excluding hydrogens is 222 g/mol. The van der Waals surface area contributed by atoms with Gasteiger partial charge in [0, 0.05) is 12.6 Å². The fourth-order valence-corrected chi connectivity index (χ4v) is 2.44. The number of nitrogens with one attached hydrogen (secondary N) is 1. The molecule has 0 aromatic heterocycles. The van der Waals surface area contributed by atoms with E-state index in [1.165, 1.54) is 31.2 Å².